The van der Waals surface area contributed by atoms with Gasteiger partial charge in [-0.1, -0.05) is 21.0 Å². The van der Waals surface area contributed by atoms with Gasteiger partial charge in [-0.15, -0.1) is 0 Å². The number of benzene rings is 1. The third kappa shape index (κ3) is 2.49. The third-order valence-electron chi connectivity index (χ3n) is 1.90. The van der Waals surface area contributed by atoms with Crippen molar-refractivity contribution in [1.29, 1.82) is 0 Å². The topological polar surface area (TPSA) is 75.1 Å². The molecule has 1 aromatic carbocycles. The summed E-state index contributed by atoms with van der Waals surface area (Å²) in [5.41, 5.74) is 9.74. The van der Waals surface area contributed by atoms with Crippen molar-refractivity contribution in [3.05, 3.63) is 38.2 Å². The SMILES string of the molecule is COC(=O)c1cc(Br)cc(N=[N+]=[N-])c1C. The largest absolute Gasteiger partial charge is 0.465 e. The van der Waals surface area contributed by atoms with E-state index in [4.69, 9.17) is 5.53 Å². The van der Waals surface area contributed by atoms with Gasteiger partial charge in [-0.25, -0.2) is 4.79 Å². The molecule has 0 radical (unpaired) electrons. The number of esters is 1. The number of ether oxygens (including phenoxy) is 1. The molecule has 15 heavy (non-hydrogen) atoms. The minimum absolute atomic E-state index is 0.384. The van der Waals surface area contributed by atoms with Crippen LogP contribution in [0.5, 0.6) is 0 Å². The van der Waals surface area contributed by atoms with Crippen LogP contribution < -0.4 is 0 Å². The first-order valence-corrected chi connectivity index (χ1v) is 4.83. The summed E-state index contributed by atoms with van der Waals surface area (Å²) in [6.07, 6.45) is 0. The first-order valence-electron chi connectivity index (χ1n) is 4.03. The van der Waals surface area contributed by atoms with E-state index in [1.165, 1.54) is 7.11 Å². The lowest BCUT2D eigenvalue weighted by atomic mass is 10.1. The zero-order chi connectivity index (χ0) is 11.4. The molecule has 0 atom stereocenters. The smallest absolute Gasteiger partial charge is 0.338 e. The fourth-order valence-corrected chi connectivity index (χ4v) is 1.58. The highest BCUT2D eigenvalue weighted by atomic mass is 79.9. The Bertz CT molecular complexity index is 453. The van der Waals surface area contributed by atoms with E-state index in [9.17, 15) is 4.79 Å². The maximum absolute atomic E-state index is 11.4. The molecule has 1 rings (SSSR count). The van der Waals surface area contributed by atoms with E-state index in [1.807, 2.05) is 0 Å². The Morgan fingerprint density at radius 3 is 2.80 bits per heavy atom. The molecular weight excluding hydrogens is 262 g/mol. The summed E-state index contributed by atoms with van der Waals surface area (Å²) in [4.78, 5) is 14.1. The molecule has 0 aliphatic rings. The molecule has 78 valence electrons. The van der Waals surface area contributed by atoms with Crippen LogP contribution in [0.4, 0.5) is 5.69 Å². The molecule has 0 bridgehead atoms. The Hall–Kier alpha value is -1.52. The average molecular weight is 270 g/mol. The van der Waals surface area contributed by atoms with Gasteiger partial charge in [0.15, 0.2) is 0 Å². The number of carbonyl (C=O) groups is 1. The van der Waals surface area contributed by atoms with E-state index >= 15 is 0 Å². The van der Waals surface area contributed by atoms with Crippen LogP contribution >= 0.6 is 15.9 Å². The van der Waals surface area contributed by atoms with Crippen LogP contribution in [0.1, 0.15) is 15.9 Å². The summed E-state index contributed by atoms with van der Waals surface area (Å²) in [6, 6.07) is 3.26. The quantitative estimate of drug-likeness (QED) is 0.357. The first kappa shape index (κ1) is 11.6. The number of rotatable bonds is 2. The minimum atomic E-state index is -0.455. The molecule has 0 unspecified atom stereocenters. The normalized spacial score (nSPS) is 9.27. The van der Waals surface area contributed by atoms with Crippen molar-refractivity contribution in [2.24, 2.45) is 5.11 Å². The van der Waals surface area contributed by atoms with Gasteiger partial charge in [-0.3, -0.25) is 0 Å². The summed E-state index contributed by atoms with van der Waals surface area (Å²) >= 11 is 3.22. The third-order valence-corrected chi connectivity index (χ3v) is 2.36. The Labute approximate surface area is 94.8 Å². The van der Waals surface area contributed by atoms with Crippen molar-refractivity contribution in [1.82, 2.24) is 0 Å². The van der Waals surface area contributed by atoms with E-state index in [0.29, 0.717) is 21.3 Å². The lowest BCUT2D eigenvalue weighted by Gasteiger charge is -2.07. The maximum Gasteiger partial charge on any atom is 0.338 e. The number of methoxy groups -OCH3 is 1. The number of halogens is 1. The van der Waals surface area contributed by atoms with Gasteiger partial charge >= 0.3 is 5.97 Å². The highest BCUT2D eigenvalue weighted by molar-refractivity contribution is 9.10. The molecule has 0 N–H and O–H groups in total. The Kier molecular flexibility index (Phi) is 3.71. The summed E-state index contributed by atoms with van der Waals surface area (Å²) in [6.45, 7) is 1.70. The molecule has 0 heterocycles. The molecule has 0 aliphatic heterocycles. The van der Waals surface area contributed by atoms with Crippen molar-refractivity contribution >= 4 is 27.6 Å². The molecule has 6 heteroatoms. The zero-order valence-electron chi connectivity index (χ0n) is 8.19. The number of carbonyl (C=O) groups excluding carboxylic acids is 1. The molecule has 0 fully saturated rings. The standard InChI is InChI=1S/C9H8BrN3O2/c1-5-7(9(14)15-2)3-6(10)4-8(5)12-13-11/h3-4H,1-2H3. The van der Waals surface area contributed by atoms with Gasteiger partial charge in [-0.2, -0.15) is 0 Å². The van der Waals surface area contributed by atoms with Gasteiger partial charge in [-0.05, 0) is 30.2 Å². The fourth-order valence-electron chi connectivity index (χ4n) is 1.14. The van der Waals surface area contributed by atoms with Gasteiger partial charge in [0.1, 0.15) is 0 Å². The Morgan fingerprint density at radius 1 is 1.60 bits per heavy atom. The average Bonchev–Trinajstić information content (AvgIpc) is 2.22. The zero-order valence-corrected chi connectivity index (χ0v) is 9.78. The highest BCUT2D eigenvalue weighted by Gasteiger charge is 2.12. The summed E-state index contributed by atoms with van der Waals surface area (Å²) in [5, 5.41) is 3.49. The predicted molar refractivity (Wildman–Crippen MR) is 59.0 cm³/mol. The van der Waals surface area contributed by atoms with E-state index < -0.39 is 5.97 Å². The second-order valence-corrected chi connectivity index (χ2v) is 3.69. The van der Waals surface area contributed by atoms with Crippen LogP contribution in [0.15, 0.2) is 21.7 Å². The van der Waals surface area contributed by atoms with Gasteiger partial charge in [0.25, 0.3) is 0 Å². The van der Waals surface area contributed by atoms with Gasteiger partial charge in [0.2, 0.25) is 0 Å². The van der Waals surface area contributed by atoms with Crippen LogP contribution in [0.3, 0.4) is 0 Å². The highest BCUT2D eigenvalue weighted by Crippen LogP contribution is 2.27. The monoisotopic (exact) mass is 269 g/mol. The summed E-state index contributed by atoms with van der Waals surface area (Å²) in [5.74, 6) is -0.455. The minimum Gasteiger partial charge on any atom is -0.465 e. The number of azide groups is 1. The van der Waals surface area contributed by atoms with E-state index in [2.05, 4.69) is 30.7 Å². The fraction of sp³-hybridized carbons (Fsp3) is 0.222. The Morgan fingerprint density at radius 2 is 2.27 bits per heavy atom. The van der Waals surface area contributed by atoms with Crippen molar-refractivity contribution in [2.45, 2.75) is 6.92 Å². The molecule has 0 aliphatic carbocycles. The molecule has 0 amide bonds. The van der Waals surface area contributed by atoms with Crippen molar-refractivity contribution in [3.63, 3.8) is 0 Å². The molecule has 5 nitrogen and oxygen atoms in total. The summed E-state index contributed by atoms with van der Waals surface area (Å²) < 4.78 is 5.27. The van der Waals surface area contributed by atoms with Crippen molar-refractivity contribution in [3.8, 4) is 0 Å². The van der Waals surface area contributed by atoms with Crippen LogP contribution in [0.2, 0.25) is 0 Å². The molecular formula is C9H8BrN3O2. The van der Waals surface area contributed by atoms with Crippen LogP contribution in [0, 0.1) is 6.92 Å². The predicted octanol–water partition coefficient (Wildman–Crippen LogP) is 3.49. The second kappa shape index (κ2) is 4.82. The van der Waals surface area contributed by atoms with Gasteiger partial charge < -0.3 is 4.74 Å². The van der Waals surface area contributed by atoms with E-state index in [1.54, 1.807) is 19.1 Å². The van der Waals surface area contributed by atoms with Gasteiger partial charge in [0, 0.05) is 15.1 Å². The molecule has 1 aromatic rings. The first-order chi connectivity index (χ1) is 7.10. The van der Waals surface area contributed by atoms with Crippen molar-refractivity contribution in [2.75, 3.05) is 7.11 Å². The molecule has 0 spiro atoms. The van der Waals surface area contributed by atoms with E-state index in [0.717, 1.165) is 0 Å². The second-order valence-electron chi connectivity index (χ2n) is 2.78. The number of hydrogen-bond donors (Lipinski definition) is 0. The van der Waals surface area contributed by atoms with Crippen LogP contribution in [-0.2, 0) is 4.74 Å². The lowest BCUT2D eigenvalue weighted by molar-refractivity contribution is 0.0600. The Balaban J connectivity index is 3.40. The number of nitrogens with zero attached hydrogens (tertiary/aromatic N) is 3. The molecule has 0 saturated carbocycles. The van der Waals surface area contributed by atoms with Crippen LogP contribution in [0.25, 0.3) is 10.4 Å². The lowest BCUT2D eigenvalue weighted by Crippen LogP contribution is -2.03. The maximum atomic E-state index is 11.4. The van der Waals surface area contributed by atoms with Crippen LogP contribution in [-0.4, -0.2) is 13.1 Å². The van der Waals surface area contributed by atoms with Crippen molar-refractivity contribution < 1.29 is 9.53 Å². The van der Waals surface area contributed by atoms with Gasteiger partial charge in [0.05, 0.1) is 12.7 Å². The molecule has 0 aromatic heterocycles. The number of hydrogen-bond acceptors (Lipinski definition) is 3. The molecule has 0 saturated heterocycles. The van der Waals surface area contributed by atoms with E-state index in [-0.39, 0.29) is 0 Å². The summed E-state index contributed by atoms with van der Waals surface area (Å²) in [7, 11) is 1.30.